The monoisotopic (exact) mass is 340 g/mol. The van der Waals surface area contributed by atoms with Gasteiger partial charge in [0.05, 0.1) is 0 Å². The molecule has 1 N–H and O–H groups in total. The van der Waals surface area contributed by atoms with Crippen LogP contribution in [-0.4, -0.2) is 37.4 Å². The predicted octanol–water partition coefficient (Wildman–Crippen LogP) is 3.26. The quantitative estimate of drug-likeness (QED) is 0.825. The molecule has 0 aromatic heterocycles. The molecule has 2 unspecified atom stereocenters. The van der Waals surface area contributed by atoms with E-state index in [0.29, 0.717) is 6.54 Å². The summed E-state index contributed by atoms with van der Waals surface area (Å²) in [4.78, 5) is 2.61. The van der Waals surface area contributed by atoms with Crippen LogP contribution in [0.2, 0.25) is 0 Å². The van der Waals surface area contributed by atoms with Gasteiger partial charge in [0.1, 0.15) is 5.75 Å². The van der Waals surface area contributed by atoms with E-state index in [4.69, 9.17) is 0 Å². The molecular weight excluding hydrogens is 317 g/mol. The minimum absolute atomic E-state index is 0.152. The van der Waals surface area contributed by atoms with Gasteiger partial charge >= 0.3 is 6.36 Å². The summed E-state index contributed by atoms with van der Waals surface area (Å²) in [6, 6.07) is 6.20. The molecule has 3 fully saturated rings. The third-order valence-corrected chi connectivity index (χ3v) is 5.50. The van der Waals surface area contributed by atoms with Crippen LogP contribution in [0.3, 0.4) is 0 Å². The van der Waals surface area contributed by atoms with Gasteiger partial charge < -0.3 is 15.0 Å². The first-order valence-electron chi connectivity index (χ1n) is 8.76. The van der Waals surface area contributed by atoms with Crippen molar-refractivity contribution in [2.75, 3.05) is 26.2 Å². The van der Waals surface area contributed by atoms with Gasteiger partial charge in [-0.25, -0.2) is 0 Å². The molecule has 0 radical (unpaired) electrons. The highest BCUT2D eigenvalue weighted by atomic mass is 19.4. The van der Waals surface area contributed by atoms with Crippen LogP contribution in [0.5, 0.6) is 5.75 Å². The highest BCUT2D eigenvalue weighted by Gasteiger charge is 2.55. The molecule has 4 rings (SSSR count). The summed E-state index contributed by atoms with van der Waals surface area (Å²) in [5.41, 5.74) is 0.818. The molecular formula is C18H23F3N2O. The van der Waals surface area contributed by atoms with E-state index in [-0.39, 0.29) is 5.75 Å². The molecule has 3 aliphatic rings. The second-order valence-corrected chi connectivity index (χ2v) is 7.48. The number of hydrogen-bond acceptors (Lipinski definition) is 3. The van der Waals surface area contributed by atoms with Crippen molar-refractivity contribution >= 4 is 0 Å². The van der Waals surface area contributed by atoms with Crippen LogP contribution in [0, 0.1) is 23.7 Å². The Morgan fingerprint density at radius 2 is 1.92 bits per heavy atom. The van der Waals surface area contributed by atoms with Crippen molar-refractivity contribution < 1.29 is 17.9 Å². The highest BCUT2D eigenvalue weighted by molar-refractivity contribution is 5.28. The molecule has 2 saturated carbocycles. The Bertz CT molecular complexity index is 576. The van der Waals surface area contributed by atoms with Crippen LogP contribution in [0.1, 0.15) is 18.4 Å². The standard InChI is InChI=1S/C18H23F3N2O/c19-18(20,21)24-14-3-1-2-13(6-14)7-22-8-15-16-10-23(11-17(15)16)9-12-4-5-12/h1-3,6,12,15-17,22H,4-5,7-11H2. The molecule has 24 heavy (non-hydrogen) atoms. The van der Waals surface area contributed by atoms with Gasteiger partial charge in [0.15, 0.2) is 0 Å². The summed E-state index contributed by atoms with van der Waals surface area (Å²) in [5.74, 6) is 3.22. The van der Waals surface area contributed by atoms with Crippen LogP contribution >= 0.6 is 0 Å². The highest BCUT2D eigenvalue weighted by Crippen LogP contribution is 2.51. The zero-order chi connectivity index (χ0) is 16.7. The largest absolute Gasteiger partial charge is 0.573 e. The van der Waals surface area contributed by atoms with Crippen molar-refractivity contribution in [1.82, 2.24) is 10.2 Å². The van der Waals surface area contributed by atoms with Crippen LogP contribution in [0.4, 0.5) is 13.2 Å². The lowest BCUT2D eigenvalue weighted by Gasteiger charge is -2.19. The first-order chi connectivity index (χ1) is 11.5. The maximum Gasteiger partial charge on any atom is 0.573 e. The molecule has 2 aliphatic carbocycles. The number of benzene rings is 1. The average molecular weight is 340 g/mol. The van der Waals surface area contributed by atoms with E-state index in [1.54, 1.807) is 6.07 Å². The Morgan fingerprint density at radius 1 is 1.17 bits per heavy atom. The molecule has 1 heterocycles. The molecule has 132 valence electrons. The normalized spacial score (nSPS) is 29.5. The van der Waals surface area contributed by atoms with E-state index in [0.717, 1.165) is 35.8 Å². The van der Waals surface area contributed by atoms with Crippen molar-refractivity contribution in [2.45, 2.75) is 25.7 Å². The zero-order valence-corrected chi connectivity index (χ0v) is 13.6. The number of nitrogens with one attached hydrogen (secondary N) is 1. The molecule has 2 atom stereocenters. The van der Waals surface area contributed by atoms with Gasteiger partial charge in [-0.3, -0.25) is 0 Å². The summed E-state index contributed by atoms with van der Waals surface area (Å²) >= 11 is 0. The minimum Gasteiger partial charge on any atom is -0.406 e. The Hall–Kier alpha value is -1.27. The third-order valence-electron chi connectivity index (χ3n) is 5.50. The number of likely N-dealkylation sites (tertiary alicyclic amines) is 1. The number of nitrogens with zero attached hydrogens (tertiary/aromatic N) is 1. The van der Waals surface area contributed by atoms with Gasteiger partial charge in [-0.1, -0.05) is 12.1 Å². The second kappa shape index (κ2) is 6.23. The maximum atomic E-state index is 12.2. The van der Waals surface area contributed by atoms with Crippen molar-refractivity contribution in [3.05, 3.63) is 29.8 Å². The summed E-state index contributed by atoms with van der Waals surface area (Å²) in [7, 11) is 0. The van der Waals surface area contributed by atoms with Crippen LogP contribution in [-0.2, 0) is 6.54 Å². The number of hydrogen-bond donors (Lipinski definition) is 1. The molecule has 0 spiro atoms. The SMILES string of the molecule is FC(F)(F)Oc1cccc(CNCC2C3CN(CC4CC4)CC23)c1. The average Bonchev–Trinajstić information content (AvgIpc) is 3.37. The molecule has 1 aromatic carbocycles. The smallest absolute Gasteiger partial charge is 0.406 e. The summed E-state index contributed by atoms with van der Waals surface area (Å²) in [5, 5.41) is 3.39. The van der Waals surface area contributed by atoms with Crippen LogP contribution < -0.4 is 10.1 Å². The molecule has 6 heteroatoms. The van der Waals surface area contributed by atoms with E-state index in [2.05, 4.69) is 15.0 Å². The lowest BCUT2D eigenvalue weighted by atomic mass is 10.2. The number of halogens is 3. The lowest BCUT2D eigenvalue weighted by Crippen LogP contribution is -2.29. The van der Waals surface area contributed by atoms with Crippen LogP contribution in [0.15, 0.2) is 24.3 Å². The molecule has 1 saturated heterocycles. The fourth-order valence-electron chi connectivity index (χ4n) is 4.09. The second-order valence-electron chi connectivity index (χ2n) is 7.48. The van der Waals surface area contributed by atoms with E-state index >= 15 is 0 Å². The van der Waals surface area contributed by atoms with E-state index in [1.807, 2.05) is 6.07 Å². The molecule has 1 aliphatic heterocycles. The van der Waals surface area contributed by atoms with Gasteiger partial charge in [-0.15, -0.1) is 13.2 Å². The molecule has 3 nitrogen and oxygen atoms in total. The molecule has 1 aromatic rings. The van der Waals surface area contributed by atoms with Gasteiger partial charge in [0.2, 0.25) is 0 Å². The van der Waals surface area contributed by atoms with Crippen molar-refractivity contribution in [3.63, 3.8) is 0 Å². The summed E-state index contributed by atoms with van der Waals surface area (Å²) in [6.07, 6.45) is -1.81. The number of fused-ring (bicyclic) bond motifs is 1. The van der Waals surface area contributed by atoms with E-state index in [1.165, 1.54) is 44.6 Å². The fourth-order valence-corrected chi connectivity index (χ4v) is 4.09. The topological polar surface area (TPSA) is 24.5 Å². The summed E-state index contributed by atoms with van der Waals surface area (Å²) in [6.45, 7) is 5.30. The number of rotatable bonds is 7. The first kappa shape index (κ1) is 16.2. The minimum atomic E-state index is -4.64. The van der Waals surface area contributed by atoms with Crippen molar-refractivity contribution in [3.8, 4) is 5.75 Å². The Labute approximate surface area is 140 Å². The number of piperidine rings is 1. The summed E-state index contributed by atoms with van der Waals surface area (Å²) < 4.78 is 40.7. The Balaban J connectivity index is 1.18. The van der Waals surface area contributed by atoms with Gasteiger partial charge in [0, 0.05) is 26.2 Å². The number of alkyl halides is 3. The third kappa shape index (κ3) is 4.03. The van der Waals surface area contributed by atoms with Crippen LogP contribution in [0.25, 0.3) is 0 Å². The van der Waals surface area contributed by atoms with E-state index < -0.39 is 6.36 Å². The van der Waals surface area contributed by atoms with Gasteiger partial charge in [-0.05, 0) is 60.8 Å². The maximum absolute atomic E-state index is 12.2. The van der Waals surface area contributed by atoms with Crippen molar-refractivity contribution in [2.24, 2.45) is 23.7 Å². The first-order valence-corrected chi connectivity index (χ1v) is 8.76. The fraction of sp³-hybridized carbons (Fsp3) is 0.667. The Morgan fingerprint density at radius 3 is 2.58 bits per heavy atom. The predicted molar refractivity (Wildman–Crippen MR) is 84.5 cm³/mol. The molecule has 0 amide bonds. The Kier molecular flexibility index (Phi) is 4.21. The zero-order valence-electron chi connectivity index (χ0n) is 13.6. The van der Waals surface area contributed by atoms with Gasteiger partial charge in [0.25, 0.3) is 0 Å². The van der Waals surface area contributed by atoms with Crippen molar-refractivity contribution in [1.29, 1.82) is 0 Å². The number of ether oxygens (including phenoxy) is 1. The molecule has 0 bridgehead atoms. The lowest BCUT2D eigenvalue weighted by molar-refractivity contribution is -0.274. The van der Waals surface area contributed by atoms with Gasteiger partial charge in [-0.2, -0.15) is 0 Å². The van der Waals surface area contributed by atoms with E-state index in [9.17, 15) is 13.2 Å².